The summed E-state index contributed by atoms with van der Waals surface area (Å²) in [4.78, 5) is 31.1. The van der Waals surface area contributed by atoms with Gasteiger partial charge in [-0.25, -0.2) is 4.90 Å². The molecule has 0 N–H and O–H groups in total. The lowest BCUT2D eigenvalue weighted by Crippen LogP contribution is -2.55. The van der Waals surface area contributed by atoms with Crippen LogP contribution in [0.5, 0.6) is 0 Å². The Hall–Kier alpha value is -1.73. The van der Waals surface area contributed by atoms with E-state index < -0.39 is 0 Å². The van der Waals surface area contributed by atoms with Crippen LogP contribution in [0.4, 0.5) is 5.82 Å². The number of nitrogens with zero attached hydrogens (tertiary/aromatic N) is 4. The molecule has 136 valence electrons. The van der Waals surface area contributed by atoms with Gasteiger partial charge in [0.25, 0.3) is 5.91 Å². The quantitative estimate of drug-likeness (QED) is 0.774. The average molecular weight is 346 g/mol. The molecule has 2 aliphatic heterocycles. The van der Waals surface area contributed by atoms with Gasteiger partial charge >= 0.3 is 0 Å². The fourth-order valence-corrected chi connectivity index (χ4v) is 4.46. The summed E-state index contributed by atoms with van der Waals surface area (Å²) in [6.45, 7) is 5.44. The van der Waals surface area contributed by atoms with E-state index in [1.54, 1.807) is 13.0 Å². The van der Waals surface area contributed by atoms with Crippen molar-refractivity contribution in [3.63, 3.8) is 0 Å². The van der Waals surface area contributed by atoms with Gasteiger partial charge in [0, 0.05) is 38.3 Å². The molecule has 25 heavy (non-hydrogen) atoms. The van der Waals surface area contributed by atoms with Gasteiger partial charge in [-0.3, -0.25) is 19.4 Å². The van der Waals surface area contributed by atoms with Gasteiger partial charge in [-0.1, -0.05) is 24.4 Å². The Kier molecular flexibility index (Phi) is 4.60. The third kappa shape index (κ3) is 3.22. The number of carbonyl (C=O) groups excluding carboxylic acids is 2. The zero-order chi connectivity index (χ0) is 17.4. The van der Waals surface area contributed by atoms with Crippen molar-refractivity contribution in [3.8, 4) is 0 Å². The van der Waals surface area contributed by atoms with Crippen LogP contribution >= 0.6 is 0 Å². The maximum absolute atomic E-state index is 12.8. The largest absolute Gasteiger partial charge is 0.360 e. The van der Waals surface area contributed by atoms with Crippen LogP contribution in [0, 0.1) is 6.92 Å². The van der Waals surface area contributed by atoms with Gasteiger partial charge in [-0.05, 0) is 19.8 Å². The molecule has 0 radical (unpaired) electrons. The molecule has 3 heterocycles. The number of piperazine rings is 1. The summed E-state index contributed by atoms with van der Waals surface area (Å²) in [5.74, 6) is 0.568. The predicted octanol–water partition coefficient (Wildman–Crippen LogP) is 1.57. The Morgan fingerprint density at radius 1 is 1.04 bits per heavy atom. The molecule has 0 spiro atoms. The Labute approximate surface area is 147 Å². The van der Waals surface area contributed by atoms with E-state index in [2.05, 4.69) is 15.0 Å². The molecule has 1 aliphatic carbocycles. The minimum atomic E-state index is -0.349. The van der Waals surface area contributed by atoms with Crippen LogP contribution in [0.2, 0.25) is 0 Å². The van der Waals surface area contributed by atoms with Gasteiger partial charge in [0.2, 0.25) is 5.91 Å². The number of rotatable bonds is 3. The highest BCUT2D eigenvalue weighted by atomic mass is 16.5. The maximum Gasteiger partial charge on any atom is 0.252 e. The van der Waals surface area contributed by atoms with E-state index in [1.807, 2.05) is 0 Å². The van der Waals surface area contributed by atoms with E-state index in [0.29, 0.717) is 17.6 Å². The Morgan fingerprint density at radius 2 is 1.72 bits per heavy atom. The van der Waals surface area contributed by atoms with Crippen LogP contribution in [-0.2, 0) is 9.59 Å². The van der Waals surface area contributed by atoms with Crippen LogP contribution in [0.25, 0.3) is 0 Å². The zero-order valence-corrected chi connectivity index (χ0v) is 14.8. The Morgan fingerprint density at radius 3 is 2.36 bits per heavy atom. The van der Waals surface area contributed by atoms with Gasteiger partial charge in [0.05, 0.1) is 12.5 Å². The van der Waals surface area contributed by atoms with Gasteiger partial charge in [-0.2, -0.15) is 0 Å². The summed E-state index contributed by atoms with van der Waals surface area (Å²) in [7, 11) is 0. The number of anilines is 1. The summed E-state index contributed by atoms with van der Waals surface area (Å²) in [5, 5.41) is 3.83. The minimum Gasteiger partial charge on any atom is -0.360 e. The van der Waals surface area contributed by atoms with Crippen molar-refractivity contribution in [2.45, 2.75) is 57.5 Å². The number of imide groups is 1. The number of carbonyl (C=O) groups is 2. The van der Waals surface area contributed by atoms with E-state index in [-0.39, 0.29) is 24.3 Å². The first-order valence-electron chi connectivity index (χ1n) is 9.42. The first kappa shape index (κ1) is 16.7. The molecule has 7 heteroatoms. The number of aryl methyl sites for hydroxylation is 1. The van der Waals surface area contributed by atoms with Crippen LogP contribution in [0.1, 0.15) is 44.3 Å². The maximum atomic E-state index is 12.8. The summed E-state index contributed by atoms with van der Waals surface area (Å²) < 4.78 is 5.02. The first-order valence-corrected chi connectivity index (χ1v) is 9.42. The lowest BCUT2D eigenvalue weighted by molar-refractivity contribution is -0.123. The molecule has 0 bridgehead atoms. The molecule has 2 amide bonds. The Balaban J connectivity index is 1.38. The molecule has 1 atom stereocenters. The third-order valence-corrected chi connectivity index (χ3v) is 5.85. The molecule has 1 saturated carbocycles. The summed E-state index contributed by atoms with van der Waals surface area (Å²) in [6.07, 6.45) is 6.90. The lowest BCUT2D eigenvalue weighted by atomic mass is 9.93. The summed E-state index contributed by atoms with van der Waals surface area (Å²) in [5.41, 5.74) is 0. The minimum absolute atomic E-state index is 0.163. The van der Waals surface area contributed by atoms with Crippen LogP contribution in [0.3, 0.4) is 0 Å². The molecule has 3 aliphatic rings. The van der Waals surface area contributed by atoms with E-state index in [1.165, 1.54) is 37.0 Å². The van der Waals surface area contributed by atoms with Crippen LogP contribution in [-0.4, -0.2) is 65.0 Å². The molecular weight excluding hydrogens is 320 g/mol. The topological polar surface area (TPSA) is 69.9 Å². The van der Waals surface area contributed by atoms with Crippen molar-refractivity contribution in [2.75, 3.05) is 31.1 Å². The monoisotopic (exact) mass is 346 g/mol. The normalized spacial score (nSPS) is 27.4. The number of aromatic nitrogens is 1. The zero-order valence-electron chi connectivity index (χ0n) is 14.8. The fourth-order valence-electron chi connectivity index (χ4n) is 4.46. The molecule has 1 unspecified atom stereocenters. The second-order valence-electron chi connectivity index (χ2n) is 7.45. The van der Waals surface area contributed by atoms with Gasteiger partial charge in [-0.15, -0.1) is 0 Å². The molecule has 2 saturated heterocycles. The Bertz CT molecular complexity index is 645. The van der Waals surface area contributed by atoms with Crippen molar-refractivity contribution < 1.29 is 14.1 Å². The van der Waals surface area contributed by atoms with Gasteiger partial charge in [0.1, 0.15) is 5.76 Å². The molecule has 4 rings (SSSR count). The predicted molar refractivity (Wildman–Crippen MR) is 92.2 cm³/mol. The molecule has 1 aromatic rings. The lowest BCUT2D eigenvalue weighted by Gasteiger charge is -2.42. The standard InChI is InChI=1S/C18H26N4O3/c1-13-11-16(19-25-13)22-17(23)12-15(18(22)24)21-9-7-20(8-10-21)14-5-3-2-4-6-14/h11,14-15H,2-10,12H2,1H3. The highest BCUT2D eigenvalue weighted by Crippen LogP contribution is 2.28. The third-order valence-electron chi connectivity index (χ3n) is 5.85. The second kappa shape index (κ2) is 6.88. The smallest absolute Gasteiger partial charge is 0.252 e. The van der Waals surface area contributed by atoms with Crippen molar-refractivity contribution in [1.82, 2.24) is 15.0 Å². The van der Waals surface area contributed by atoms with Crippen molar-refractivity contribution in [2.24, 2.45) is 0 Å². The first-order chi connectivity index (χ1) is 12.1. The van der Waals surface area contributed by atoms with Crippen LogP contribution in [0.15, 0.2) is 10.6 Å². The summed E-state index contributed by atoms with van der Waals surface area (Å²) in [6, 6.07) is 2.00. The van der Waals surface area contributed by atoms with E-state index in [0.717, 1.165) is 26.2 Å². The molecule has 1 aromatic heterocycles. The molecule has 3 fully saturated rings. The van der Waals surface area contributed by atoms with Crippen LogP contribution < -0.4 is 4.90 Å². The highest BCUT2D eigenvalue weighted by molar-refractivity contribution is 6.21. The van der Waals surface area contributed by atoms with E-state index in [9.17, 15) is 9.59 Å². The van der Waals surface area contributed by atoms with E-state index in [4.69, 9.17) is 4.52 Å². The molecule has 7 nitrogen and oxygen atoms in total. The number of amides is 2. The van der Waals surface area contributed by atoms with Crippen molar-refractivity contribution in [1.29, 1.82) is 0 Å². The molecular formula is C18H26N4O3. The van der Waals surface area contributed by atoms with E-state index >= 15 is 0 Å². The molecule has 0 aromatic carbocycles. The highest BCUT2D eigenvalue weighted by Gasteiger charge is 2.44. The van der Waals surface area contributed by atoms with Crippen molar-refractivity contribution in [3.05, 3.63) is 11.8 Å². The SMILES string of the molecule is Cc1cc(N2C(=O)CC(N3CCN(C4CCCCC4)CC3)C2=O)no1. The van der Waals surface area contributed by atoms with Gasteiger partial charge < -0.3 is 4.52 Å². The number of hydrogen-bond donors (Lipinski definition) is 0. The average Bonchev–Trinajstić information content (AvgIpc) is 3.18. The second-order valence-corrected chi connectivity index (χ2v) is 7.45. The van der Waals surface area contributed by atoms with Gasteiger partial charge in [0.15, 0.2) is 5.82 Å². The number of hydrogen-bond acceptors (Lipinski definition) is 6. The fraction of sp³-hybridized carbons (Fsp3) is 0.722. The summed E-state index contributed by atoms with van der Waals surface area (Å²) >= 11 is 0. The van der Waals surface area contributed by atoms with Crippen molar-refractivity contribution >= 4 is 17.6 Å².